The van der Waals surface area contributed by atoms with Crippen LogP contribution in [0.4, 0.5) is 0 Å². The summed E-state index contributed by atoms with van der Waals surface area (Å²) in [7, 11) is 0. The fourth-order valence-electron chi connectivity index (χ4n) is 1.86. The van der Waals surface area contributed by atoms with Gasteiger partial charge in [0.2, 0.25) is 5.91 Å². The van der Waals surface area contributed by atoms with E-state index in [1.807, 2.05) is 26.0 Å². The summed E-state index contributed by atoms with van der Waals surface area (Å²) >= 11 is 0. The van der Waals surface area contributed by atoms with Crippen molar-refractivity contribution in [1.29, 1.82) is 0 Å². The summed E-state index contributed by atoms with van der Waals surface area (Å²) in [6.07, 6.45) is 0.910. The third-order valence-electron chi connectivity index (χ3n) is 2.76. The number of carbonyl (C=O) groups is 2. The molecular formula is C15H20N3O3+. The van der Waals surface area contributed by atoms with Crippen LogP contribution in [0.25, 0.3) is 4.85 Å². The van der Waals surface area contributed by atoms with E-state index in [-0.39, 0.29) is 11.8 Å². The van der Waals surface area contributed by atoms with E-state index in [0.29, 0.717) is 19.4 Å². The first-order chi connectivity index (χ1) is 9.93. The highest BCUT2D eigenvalue weighted by molar-refractivity contribution is 5.84. The lowest BCUT2D eigenvalue weighted by molar-refractivity contribution is -0.121. The molecule has 0 atom stereocenters. The molecule has 1 aromatic rings. The number of nitrogens with zero attached hydrogens (tertiary/aromatic N) is 1. The second-order valence-electron chi connectivity index (χ2n) is 4.70. The minimum Gasteiger partial charge on any atom is -0.493 e. The molecule has 2 amide bonds. The van der Waals surface area contributed by atoms with Crippen LogP contribution < -0.4 is 16.0 Å². The second kappa shape index (κ2) is 8.02. The maximum absolute atomic E-state index is 11.0. The van der Waals surface area contributed by atoms with Crippen LogP contribution in [-0.4, -0.2) is 18.4 Å². The van der Waals surface area contributed by atoms with E-state index in [0.717, 1.165) is 22.4 Å². The Morgan fingerprint density at radius 2 is 1.95 bits per heavy atom. The third-order valence-corrected chi connectivity index (χ3v) is 2.76. The zero-order valence-corrected chi connectivity index (χ0v) is 12.5. The van der Waals surface area contributed by atoms with Gasteiger partial charge in [-0.3, -0.25) is 10.2 Å². The first kappa shape index (κ1) is 16.7. The van der Waals surface area contributed by atoms with E-state index in [1.54, 1.807) is 0 Å². The fourth-order valence-corrected chi connectivity index (χ4v) is 1.86. The Labute approximate surface area is 124 Å². The number of hydrogen-bond acceptors (Lipinski definition) is 4. The van der Waals surface area contributed by atoms with E-state index in [9.17, 15) is 9.59 Å². The van der Waals surface area contributed by atoms with Crippen molar-refractivity contribution in [2.75, 3.05) is 6.61 Å². The molecule has 0 heterocycles. The molecule has 6 heteroatoms. The molecule has 0 aliphatic heterocycles. The lowest BCUT2D eigenvalue weighted by Gasteiger charge is -2.11. The molecule has 0 aliphatic carbocycles. The molecule has 0 radical (unpaired) electrons. The van der Waals surface area contributed by atoms with Crippen LogP contribution in [-0.2, 0) is 9.59 Å². The van der Waals surface area contributed by atoms with Crippen LogP contribution in [0.2, 0.25) is 0 Å². The zero-order chi connectivity index (χ0) is 15.8. The molecule has 112 valence electrons. The van der Waals surface area contributed by atoms with Gasteiger partial charge in [-0.05, 0) is 43.5 Å². The van der Waals surface area contributed by atoms with Crippen LogP contribution in [0.3, 0.4) is 0 Å². The van der Waals surface area contributed by atoms with Gasteiger partial charge in [-0.1, -0.05) is 0 Å². The topological polar surface area (TPSA) is 85.8 Å². The zero-order valence-electron chi connectivity index (χ0n) is 12.5. The SMILES string of the molecule is CC(=O)[N+]#Cc1cc(C)c(OCCCC(=O)NN)c(C)c1. The smallest absolute Gasteiger partial charge is 0.493 e. The van der Waals surface area contributed by atoms with Gasteiger partial charge in [0.25, 0.3) is 0 Å². The standard InChI is InChI=1S/C15H19N3O3/c1-10-7-13(9-17-12(3)19)8-11(2)15(10)21-6-4-5-14(20)18-16/h7-8H,4-6,16H2,1-3H3/p+1. The Kier molecular flexibility index (Phi) is 6.37. The van der Waals surface area contributed by atoms with Gasteiger partial charge >= 0.3 is 12.0 Å². The molecule has 21 heavy (non-hydrogen) atoms. The average Bonchev–Trinajstić information content (AvgIpc) is 2.43. The van der Waals surface area contributed by atoms with Crippen molar-refractivity contribution < 1.29 is 14.3 Å². The van der Waals surface area contributed by atoms with Gasteiger partial charge < -0.3 is 4.74 Å². The number of nitrogens with two attached hydrogens (primary N) is 1. The van der Waals surface area contributed by atoms with Crippen LogP contribution in [0.5, 0.6) is 5.75 Å². The summed E-state index contributed by atoms with van der Waals surface area (Å²) in [6, 6.07) is 6.39. The molecule has 0 saturated heterocycles. The molecule has 1 rings (SSSR count). The summed E-state index contributed by atoms with van der Waals surface area (Å²) in [4.78, 5) is 25.4. The van der Waals surface area contributed by atoms with Gasteiger partial charge in [-0.25, -0.2) is 10.6 Å². The molecule has 0 unspecified atom stereocenters. The van der Waals surface area contributed by atoms with Crippen molar-refractivity contribution in [1.82, 2.24) is 5.43 Å². The Hall–Kier alpha value is -2.39. The molecule has 1 aromatic carbocycles. The second-order valence-corrected chi connectivity index (χ2v) is 4.70. The number of amides is 2. The summed E-state index contributed by atoms with van der Waals surface area (Å²) < 4.78 is 5.70. The number of rotatable bonds is 5. The molecule has 0 bridgehead atoms. The highest BCUT2D eigenvalue weighted by Crippen LogP contribution is 2.24. The summed E-state index contributed by atoms with van der Waals surface area (Å²) in [5.41, 5.74) is 4.67. The predicted molar refractivity (Wildman–Crippen MR) is 80.0 cm³/mol. The third kappa shape index (κ3) is 5.63. The normalized spacial score (nSPS) is 9.52. The Balaban J connectivity index is 2.70. The number of hydrogen-bond donors (Lipinski definition) is 2. The van der Waals surface area contributed by atoms with E-state index >= 15 is 0 Å². The summed E-state index contributed by atoms with van der Waals surface area (Å²) in [5, 5.41) is 0. The highest BCUT2D eigenvalue weighted by Gasteiger charge is 2.09. The number of carbonyl (C=O) groups excluding carboxylic acids is 2. The number of benzene rings is 1. The molecule has 0 spiro atoms. The number of ether oxygens (including phenoxy) is 1. The van der Waals surface area contributed by atoms with Crippen molar-refractivity contribution in [2.45, 2.75) is 33.6 Å². The first-order valence-electron chi connectivity index (χ1n) is 6.65. The van der Waals surface area contributed by atoms with Crippen LogP contribution in [0.1, 0.15) is 36.5 Å². The van der Waals surface area contributed by atoms with E-state index < -0.39 is 0 Å². The van der Waals surface area contributed by atoms with E-state index in [4.69, 9.17) is 10.6 Å². The van der Waals surface area contributed by atoms with Crippen LogP contribution in [0.15, 0.2) is 12.1 Å². The van der Waals surface area contributed by atoms with Crippen LogP contribution >= 0.6 is 0 Å². The molecule has 0 aliphatic rings. The molecule has 3 N–H and O–H groups in total. The predicted octanol–water partition coefficient (Wildman–Crippen LogP) is 1.68. The Morgan fingerprint density at radius 3 is 2.48 bits per heavy atom. The van der Waals surface area contributed by atoms with Gasteiger partial charge in [0, 0.05) is 11.3 Å². The Morgan fingerprint density at radius 1 is 1.33 bits per heavy atom. The number of aryl methyl sites for hydroxylation is 2. The van der Waals surface area contributed by atoms with Crippen molar-refractivity contribution in [3.05, 3.63) is 33.7 Å². The van der Waals surface area contributed by atoms with E-state index in [2.05, 4.69) is 16.3 Å². The molecule has 0 aromatic heterocycles. The first-order valence-corrected chi connectivity index (χ1v) is 6.65. The van der Waals surface area contributed by atoms with Gasteiger partial charge in [-0.2, -0.15) is 0 Å². The van der Waals surface area contributed by atoms with E-state index in [1.165, 1.54) is 6.92 Å². The molecular weight excluding hydrogens is 270 g/mol. The molecule has 0 fully saturated rings. The average molecular weight is 290 g/mol. The van der Waals surface area contributed by atoms with Gasteiger partial charge in [0.15, 0.2) is 0 Å². The number of nitrogens with one attached hydrogen (secondary N) is 1. The van der Waals surface area contributed by atoms with Gasteiger partial charge in [0.05, 0.1) is 13.5 Å². The lowest BCUT2D eigenvalue weighted by Crippen LogP contribution is -2.30. The van der Waals surface area contributed by atoms with Crippen molar-refractivity contribution in [3.63, 3.8) is 0 Å². The monoisotopic (exact) mass is 290 g/mol. The largest absolute Gasteiger partial charge is 0.512 e. The summed E-state index contributed by atoms with van der Waals surface area (Å²) in [6.45, 7) is 5.63. The fraction of sp³-hybridized carbons (Fsp3) is 0.400. The highest BCUT2D eigenvalue weighted by atomic mass is 16.5. The van der Waals surface area contributed by atoms with Crippen molar-refractivity contribution in [2.24, 2.45) is 5.84 Å². The minimum atomic E-state index is -0.288. The van der Waals surface area contributed by atoms with Crippen molar-refractivity contribution in [3.8, 4) is 11.8 Å². The number of hydrazine groups is 1. The maximum atomic E-state index is 11.0. The lowest BCUT2D eigenvalue weighted by atomic mass is 10.1. The van der Waals surface area contributed by atoms with Gasteiger partial charge in [0.1, 0.15) is 11.3 Å². The van der Waals surface area contributed by atoms with Gasteiger partial charge in [-0.15, -0.1) is 0 Å². The molecule has 6 nitrogen and oxygen atoms in total. The minimum absolute atomic E-state index is 0.211. The molecule has 0 saturated carbocycles. The quantitative estimate of drug-likeness (QED) is 0.374. The Bertz CT molecular complexity index is 577. The maximum Gasteiger partial charge on any atom is 0.512 e. The summed E-state index contributed by atoms with van der Waals surface area (Å²) in [5.74, 6) is 5.28. The van der Waals surface area contributed by atoms with Crippen LogP contribution in [0, 0.1) is 19.9 Å². The van der Waals surface area contributed by atoms with Crippen molar-refractivity contribution >= 4 is 11.8 Å².